The van der Waals surface area contributed by atoms with Crippen LogP contribution in [0.25, 0.3) is 10.4 Å². The van der Waals surface area contributed by atoms with Crippen LogP contribution in [0.4, 0.5) is 0 Å². The van der Waals surface area contributed by atoms with Crippen molar-refractivity contribution in [2.75, 3.05) is 6.54 Å². The highest BCUT2D eigenvalue weighted by molar-refractivity contribution is 7.15. The van der Waals surface area contributed by atoms with E-state index in [1.165, 1.54) is 0 Å². The molecule has 1 saturated carbocycles. The minimum absolute atomic E-state index is 0.0348. The maximum atomic E-state index is 13.7. The maximum Gasteiger partial charge on any atom is 0.274 e. The number of nitrogens with zero attached hydrogens (tertiary/aromatic N) is 3. The zero-order valence-electron chi connectivity index (χ0n) is 18.6. The Morgan fingerprint density at radius 2 is 2.03 bits per heavy atom. The fourth-order valence-electron chi connectivity index (χ4n) is 4.84. The molecule has 5 rings (SSSR count). The Balaban J connectivity index is 1.37. The lowest BCUT2D eigenvalue weighted by Crippen LogP contribution is -2.45. The number of piperidine rings is 1. The molecule has 1 aromatic carbocycles. The summed E-state index contributed by atoms with van der Waals surface area (Å²) in [5, 5.41) is 7.73. The van der Waals surface area contributed by atoms with Crippen LogP contribution in [0, 0.1) is 33.6 Å². The third-order valence-electron chi connectivity index (χ3n) is 6.42. The van der Waals surface area contributed by atoms with Crippen LogP contribution < -0.4 is 5.32 Å². The normalized spacial score (nSPS) is 21.5. The summed E-state index contributed by atoms with van der Waals surface area (Å²) < 4.78 is 5.11. The number of carbonyl (C=O) groups is 2. The Labute approximate surface area is 190 Å². The molecule has 1 aliphatic carbocycles. The molecule has 1 N–H and O–H groups in total. The fourth-order valence-corrected chi connectivity index (χ4v) is 5.75. The van der Waals surface area contributed by atoms with E-state index in [0.717, 1.165) is 33.9 Å². The van der Waals surface area contributed by atoms with Gasteiger partial charge in [0.25, 0.3) is 11.8 Å². The Bertz CT molecular complexity index is 1190. The number of hydrogen-bond donors (Lipinski definition) is 1. The molecule has 2 fully saturated rings. The van der Waals surface area contributed by atoms with Gasteiger partial charge >= 0.3 is 0 Å². The number of benzene rings is 1. The molecule has 0 unspecified atom stereocenters. The van der Waals surface area contributed by atoms with E-state index in [0.29, 0.717) is 35.2 Å². The standard InChI is InChI=1S/C24H26N4O3S/c1-12-6-5-7-16(8-12)22-21(26-15(4)32-22)24(30)28-18(9-17-10-19(17)28)11-25-23(29)20-13(2)27-31-14(20)3/h5-8,17-19H,9-11H2,1-4H3,(H,25,29)/t17-,18+,19+/m1/s1. The Hall–Kier alpha value is -3.00. The van der Waals surface area contributed by atoms with Gasteiger partial charge in [0.2, 0.25) is 0 Å². The second kappa shape index (κ2) is 7.85. The lowest BCUT2D eigenvalue weighted by Gasteiger charge is -2.27. The summed E-state index contributed by atoms with van der Waals surface area (Å²) in [7, 11) is 0. The van der Waals surface area contributed by atoms with Gasteiger partial charge in [0.15, 0.2) is 0 Å². The second-order valence-electron chi connectivity index (χ2n) is 8.85. The first kappa shape index (κ1) is 20.9. The maximum absolute atomic E-state index is 13.7. The lowest BCUT2D eigenvalue weighted by atomic mass is 10.1. The molecule has 3 heterocycles. The average Bonchev–Trinajstić information content (AvgIpc) is 3.07. The number of nitrogens with one attached hydrogen (secondary N) is 1. The molecule has 2 aliphatic rings. The number of hydrogen-bond acceptors (Lipinski definition) is 6. The van der Waals surface area contributed by atoms with Gasteiger partial charge in [-0.1, -0.05) is 35.0 Å². The highest BCUT2D eigenvalue weighted by Gasteiger charge is 2.54. The fraction of sp³-hybridized carbons (Fsp3) is 0.417. The van der Waals surface area contributed by atoms with E-state index in [4.69, 9.17) is 4.52 Å². The SMILES string of the molecule is Cc1cccc(-c2sc(C)nc2C(=O)N2[C@H](CNC(=O)c3c(C)noc3C)C[C@@H]3C[C@@H]32)c1. The number of likely N-dealkylation sites (tertiary alicyclic amines) is 1. The van der Waals surface area contributed by atoms with Crippen molar-refractivity contribution in [1.82, 2.24) is 20.4 Å². The summed E-state index contributed by atoms with van der Waals surface area (Å²) in [5.41, 5.74) is 3.74. The molecule has 32 heavy (non-hydrogen) atoms. The second-order valence-corrected chi connectivity index (χ2v) is 10.1. The Morgan fingerprint density at radius 1 is 1.22 bits per heavy atom. The van der Waals surface area contributed by atoms with Crippen LogP contribution in [0.15, 0.2) is 28.8 Å². The number of amides is 2. The summed E-state index contributed by atoms with van der Waals surface area (Å²) >= 11 is 1.55. The van der Waals surface area contributed by atoms with Gasteiger partial charge in [-0.3, -0.25) is 9.59 Å². The van der Waals surface area contributed by atoms with Gasteiger partial charge in [-0.05, 0) is 52.0 Å². The van der Waals surface area contributed by atoms with E-state index in [-0.39, 0.29) is 23.9 Å². The van der Waals surface area contributed by atoms with E-state index in [2.05, 4.69) is 21.5 Å². The van der Waals surface area contributed by atoms with E-state index in [1.54, 1.807) is 25.2 Å². The van der Waals surface area contributed by atoms with Crippen molar-refractivity contribution in [2.45, 2.75) is 52.6 Å². The molecule has 1 saturated heterocycles. The van der Waals surface area contributed by atoms with Gasteiger partial charge < -0.3 is 14.7 Å². The predicted molar refractivity (Wildman–Crippen MR) is 122 cm³/mol. The lowest BCUT2D eigenvalue weighted by molar-refractivity contribution is 0.0684. The van der Waals surface area contributed by atoms with Crippen LogP contribution in [0.5, 0.6) is 0 Å². The van der Waals surface area contributed by atoms with Crippen molar-refractivity contribution in [1.29, 1.82) is 0 Å². The van der Waals surface area contributed by atoms with Crippen molar-refractivity contribution >= 4 is 23.2 Å². The van der Waals surface area contributed by atoms with Gasteiger partial charge in [0.05, 0.1) is 21.6 Å². The molecular weight excluding hydrogens is 424 g/mol. The van der Waals surface area contributed by atoms with Crippen molar-refractivity contribution in [3.8, 4) is 10.4 Å². The highest BCUT2D eigenvalue weighted by Crippen LogP contribution is 2.48. The minimum Gasteiger partial charge on any atom is -0.361 e. The molecule has 8 heteroatoms. The summed E-state index contributed by atoms with van der Waals surface area (Å²) in [6.45, 7) is 7.87. The third-order valence-corrected chi connectivity index (χ3v) is 7.44. The Kier molecular flexibility index (Phi) is 5.12. The number of rotatable bonds is 5. The van der Waals surface area contributed by atoms with Crippen LogP contribution in [0.3, 0.4) is 0 Å². The minimum atomic E-state index is -0.209. The predicted octanol–water partition coefficient (Wildman–Crippen LogP) is 4.06. The quantitative estimate of drug-likeness (QED) is 0.633. The molecule has 166 valence electrons. The molecule has 2 amide bonds. The van der Waals surface area contributed by atoms with Crippen LogP contribution in [0.1, 0.15) is 55.7 Å². The van der Waals surface area contributed by atoms with Gasteiger partial charge in [-0.25, -0.2) is 4.98 Å². The van der Waals surface area contributed by atoms with Gasteiger partial charge in [0, 0.05) is 12.6 Å². The molecule has 3 aromatic rings. The van der Waals surface area contributed by atoms with Crippen molar-refractivity contribution < 1.29 is 14.1 Å². The summed E-state index contributed by atoms with van der Waals surface area (Å²) in [5.74, 6) is 0.775. The first-order valence-electron chi connectivity index (χ1n) is 10.9. The smallest absolute Gasteiger partial charge is 0.274 e. The summed E-state index contributed by atoms with van der Waals surface area (Å²) in [6, 6.07) is 8.38. The molecule has 0 radical (unpaired) electrons. The zero-order chi connectivity index (χ0) is 22.6. The number of aromatic nitrogens is 2. The van der Waals surface area contributed by atoms with Crippen LogP contribution in [-0.2, 0) is 0 Å². The van der Waals surface area contributed by atoms with E-state index >= 15 is 0 Å². The van der Waals surface area contributed by atoms with Gasteiger partial charge in [-0.2, -0.15) is 0 Å². The third kappa shape index (κ3) is 3.62. The highest BCUT2D eigenvalue weighted by atomic mass is 32.1. The van der Waals surface area contributed by atoms with Crippen LogP contribution in [0.2, 0.25) is 0 Å². The molecule has 0 spiro atoms. The average molecular weight is 451 g/mol. The van der Waals surface area contributed by atoms with E-state index < -0.39 is 0 Å². The summed E-state index contributed by atoms with van der Waals surface area (Å²) in [4.78, 5) is 33.9. The topological polar surface area (TPSA) is 88.3 Å². The van der Waals surface area contributed by atoms with Crippen molar-refractivity contribution in [2.24, 2.45) is 5.92 Å². The molecule has 7 nitrogen and oxygen atoms in total. The van der Waals surface area contributed by atoms with Gasteiger partial charge in [0.1, 0.15) is 17.0 Å². The molecular formula is C24H26N4O3S. The van der Waals surface area contributed by atoms with Crippen LogP contribution in [-0.4, -0.2) is 45.5 Å². The Morgan fingerprint density at radius 3 is 2.75 bits per heavy atom. The number of fused-ring (bicyclic) bond motifs is 1. The molecule has 3 atom stereocenters. The van der Waals surface area contributed by atoms with E-state index in [9.17, 15) is 9.59 Å². The number of carbonyl (C=O) groups excluding carboxylic acids is 2. The van der Waals surface area contributed by atoms with Crippen LogP contribution >= 0.6 is 11.3 Å². The zero-order valence-corrected chi connectivity index (χ0v) is 19.5. The van der Waals surface area contributed by atoms with Crippen molar-refractivity contribution in [3.05, 3.63) is 57.5 Å². The molecule has 0 bridgehead atoms. The van der Waals surface area contributed by atoms with E-state index in [1.807, 2.05) is 36.9 Å². The molecule has 2 aromatic heterocycles. The number of aryl methyl sites for hydroxylation is 4. The first-order valence-corrected chi connectivity index (χ1v) is 11.7. The van der Waals surface area contributed by atoms with Crippen molar-refractivity contribution in [3.63, 3.8) is 0 Å². The molecule has 1 aliphatic heterocycles. The monoisotopic (exact) mass is 450 g/mol. The number of thiazole rings is 1. The summed E-state index contributed by atoms with van der Waals surface area (Å²) in [6.07, 6.45) is 1.93. The first-order chi connectivity index (χ1) is 15.3. The largest absolute Gasteiger partial charge is 0.361 e. The van der Waals surface area contributed by atoms with Gasteiger partial charge in [-0.15, -0.1) is 11.3 Å².